The molecule has 0 bridgehead atoms. The van der Waals surface area contributed by atoms with Crippen molar-refractivity contribution in [2.45, 2.75) is 85.2 Å². The Balaban J connectivity index is 1.63. The summed E-state index contributed by atoms with van der Waals surface area (Å²) >= 11 is 0. The van der Waals surface area contributed by atoms with Crippen molar-refractivity contribution in [3.63, 3.8) is 0 Å². The summed E-state index contributed by atoms with van der Waals surface area (Å²) in [6, 6.07) is 0. The number of carbonyl (C=O) groups excluding carboxylic acids is 1. The second kappa shape index (κ2) is 5.32. The molecule has 4 saturated carbocycles. The molecule has 24 heavy (non-hydrogen) atoms. The lowest BCUT2D eigenvalue weighted by Crippen LogP contribution is -2.54. The van der Waals surface area contributed by atoms with E-state index in [1.54, 1.807) is 0 Å². The Hall–Kier alpha value is -0.370. The Morgan fingerprint density at radius 1 is 0.958 bits per heavy atom. The summed E-state index contributed by atoms with van der Waals surface area (Å²) in [6.45, 7) is 9.29. The molecule has 0 aromatic heterocycles. The van der Waals surface area contributed by atoms with Crippen molar-refractivity contribution in [2.75, 3.05) is 7.11 Å². The van der Waals surface area contributed by atoms with E-state index in [-0.39, 0.29) is 10.8 Å². The summed E-state index contributed by atoms with van der Waals surface area (Å²) < 4.78 is 5.70. The van der Waals surface area contributed by atoms with Crippen molar-refractivity contribution in [3.05, 3.63) is 0 Å². The number of Topliss-reactive ketones (excluding diaryl/α,β-unsaturated/α-hetero) is 1. The number of hydrogen-bond donors (Lipinski definition) is 0. The third-order valence-electron chi connectivity index (χ3n) is 9.20. The summed E-state index contributed by atoms with van der Waals surface area (Å²) in [4.78, 5) is 13.1. The van der Waals surface area contributed by atoms with E-state index in [0.29, 0.717) is 23.2 Å². The van der Waals surface area contributed by atoms with E-state index in [9.17, 15) is 4.79 Å². The molecule has 0 aromatic carbocycles. The maximum atomic E-state index is 13.1. The van der Waals surface area contributed by atoms with Gasteiger partial charge in [0.15, 0.2) is 0 Å². The average Bonchev–Trinajstić information content (AvgIpc) is 2.73. The Bertz CT molecular complexity index is 538. The highest BCUT2D eigenvalue weighted by Crippen LogP contribution is 2.67. The van der Waals surface area contributed by atoms with Crippen molar-refractivity contribution in [3.8, 4) is 0 Å². The lowest BCUT2D eigenvalue weighted by atomic mass is 9.45. The third kappa shape index (κ3) is 2.14. The summed E-state index contributed by atoms with van der Waals surface area (Å²) in [5, 5.41) is 0. The van der Waals surface area contributed by atoms with Crippen LogP contribution in [0.5, 0.6) is 0 Å². The van der Waals surface area contributed by atoms with E-state index in [1.165, 1.54) is 38.5 Å². The molecule has 136 valence electrons. The number of ether oxygens (including phenoxy) is 1. The van der Waals surface area contributed by atoms with Crippen LogP contribution in [0.15, 0.2) is 0 Å². The van der Waals surface area contributed by atoms with Gasteiger partial charge in [-0.25, -0.2) is 0 Å². The standard InChI is InChI=1S/C22H36O2/c1-20(2)13-18-16-7-6-14-12-15(24-5)8-10-21(14,3)17(16)9-11-22(18,4)19(20)23/h14-18H,6-13H2,1-5H3/t14?,15?,16-,17+,18+,21+,22+/m1/s1. The summed E-state index contributed by atoms with van der Waals surface area (Å²) in [5.74, 6) is 3.67. The van der Waals surface area contributed by atoms with Gasteiger partial charge in [-0.3, -0.25) is 4.79 Å². The maximum Gasteiger partial charge on any atom is 0.144 e. The molecule has 4 aliphatic carbocycles. The fraction of sp³-hybridized carbons (Fsp3) is 0.955. The third-order valence-corrected chi connectivity index (χ3v) is 9.20. The molecule has 2 heteroatoms. The maximum absolute atomic E-state index is 13.1. The number of methoxy groups -OCH3 is 1. The number of hydrogen-bond acceptors (Lipinski definition) is 2. The van der Waals surface area contributed by atoms with Crippen LogP contribution in [0.3, 0.4) is 0 Å². The molecule has 0 spiro atoms. The van der Waals surface area contributed by atoms with Crippen LogP contribution in [-0.2, 0) is 9.53 Å². The second-order valence-corrected chi connectivity index (χ2v) is 10.7. The van der Waals surface area contributed by atoms with E-state index in [2.05, 4.69) is 27.7 Å². The zero-order valence-corrected chi connectivity index (χ0v) is 16.4. The van der Waals surface area contributed by atoms with Gasteiger partial charge in [0.2, 0.25) is 0 Å². The van der Waals surface area contributed by atoms with Crippen LogP contribution in [0.1, 0.15) is 79.1 Å². The van der Waals surface area contributed by atoms with Crippen molar-refractivity contribution < 1.29 is 9.53 Å². The molecule has 0 heterocycles. The van der Waals surface area contributed by atoms with Gasteiger partial charge in [0.1, 0.15) is 5.78 Å². The van der Waals surface area contributed by atoms with Crippen LogP contribution < -0.4 is 0 Å². The molecule has 0 aliphatic heterocycles. The minimum Gasteiger partial charge on any atom is -0.381 e. The second-order valence-electron chi connectivity index (χ2n) is 10.7. The minimum atomic E-state index is -0.0974. The lowest BCUT2D eigenvalue weighted by Gasteiger charge is -2.60. The van der Waals surface area contributed by atoms with Gasteiger partial charge in [-0.1, -0.05) is 27.7 Å². The molecule has 2 unspecified atom stereocenters. The van der Waals surface area contributed by atoms with E-state index < -0.39 is 0 Å². The summed E-state index contributed by atoms with van der Waals surface area (Å²) in [5.41, 5.74) is 0.367. The number of ketones is 1. The molecule has 2 nitrogen and oxygen atoms in total. The van der Waals surface area contributed by atoms with Crippen LogP contribution >= 0.6 is 0 Å². The monoisotopic (exact) mass is 332 g/mol. The first-order valence-electron chi connectivity index (χ1n) is 10.3. The van der Waals surface area contributed by atoms with Gasteiger partial charge >= 0.3 is 0 Å². The molecule has 4 fully saturated rings. The van der Waals surface area contributed by atoms with Gasteiger partial charge in [-0.15, -0.1) is 0 Å². The topological polar surface area (TPSA) is 26.3 Å². The van der Waals surface area contributed by atoms with E-state index in [0.717, 1.165) is 30.6 Å². The van der Waals surface area contributed by atoms with Crippen LogP contribution in [-0.4, -0.2) is 19.0 Å². The summed E-state index contributed by atoms with van der Waals surface area (Å²) in [6.07, 6.45) is 10.6. The van der Waals surface area contributed by atoms with Gasteiger partial charge in [0, 0.05) is 17.9 Å². The van der Waals surface area contributed by atoms with E-state index >= 15 is 0 Å². The molecule has 7 atom stereocenters. The first kappa shape index (κ1) is 17.1. The molecule has 0 aromatic rings. The fourth-order valence-corrected chi connectivity index (χ4v) is 7.83. The molecular formula is C22H36O2. The van der Waals surface area contributed by atoms with Gasteiger partial charge in [-0.2, -0.15) is 0 Å². The average molecular weight is 333 g/mol. The van der Waals surface area contributed by atoms with Crippen molar-refractivity contribution in [1.82, 2.24) is 0 Å². The van der Waals surface area contributed by atoms with Crippen molar-refractivity contribution >= 4 is 5.78 Å². The SMILES string of the molecule is COC1CC[C@@]2(C)C(CC[C@@H]3[C@@H]2CC[C@]2(C)C(=O)C(C)(C)C[C@@H]32)C1. The highest BCUT2D eigenvalue weighted by atomic mass is 16.5. The predicted octanol–water partition coefficient (Wildman–Crippen LogP) is 5.25. The smallest absolute Gasteiger partial charge is 0.144 e. The summed E-state index contributed by atoms with van der Waals surface area (Å²) in [7, 11) is 1.89. The molecule has 0 N–H and O–H groups in total. The van der Waals surface area contributed by atoms with Gasteiger partial charge in [0.25, 0.3) is 0 Å². The number of rotatable bonds is 1. The number of fused-ring (bicyclic) bond motifs is 5. The normalized spacial score (nSPS) is 53.2. The molecular weight excluding hydrogens is 296 g/mol. The fourth-order valence-electron chi connectivity index (χ4n) is 7.83. The first-order valence-corrected chi connectivity index (χ1v) is 10.3. The Labute approximate surface area is 148 Å². The van der Waals surface area contributed by atoms with E-state index in [4.69, 9.17) is 4.74 Å². The largest absolute Gasteiger partial charge is 0.381 e. The van der Waals surface area contributed by atoms with Crippen LogP contribution in [0, 0.1) is 39.9 Å². The number of carbonyl (C=O) groups is 1. The Morgan fingerprint density at radius 3 is 2.42 bits per heavy atom. The zero-order valence-electron chi connectivity index (χ0n) is 16.4. The predicted molar refractivity (Wildman–Crippen MR) is 96.7 cm³/mol. The molecule has 4 rings (SSSR count). The van der Waals surface area contributed by atoms with Crippen molar-refractivity contribution in [2.24, 2.45) is 39.9 Å². The zero-order chi connectivity index (χ0) is 17.3. The Morgan fingerprint density at radius 2 is 1.71 bits per heavy atom. The highest BCUT2D eigenvalue weighted by molar-refractivity contribution is 5.92. The quantitative estimate of drug-likeness (QED) is 0.655. The van der Waals surface area contributed by atoms with Gasteiger partial charge < -0.3 is 4.74 Å². The van der Waals surface area contributed by atoms with Gasteiger partial charge in [0.05, 0.1) is 6.10 Å². The molecule has 0 saturated heterocycles. The van der Waals surface area contributed by atoms with Crippen molar-refractivity contribution in [1.29, 1.82) is 0 Å². The molecule has 0 amide bonds. The van der Waals surface area contributed by atoms with E-state index in [1.807, 2.05) is 7.11 Å². The lowest BCUT2D eigenvalue weighted by molar-refractivity contribution is -0.145. The van der Waals surface area contributed by atoms with Crippen LogP contribution in [0.25, 0.3) is 0 Å². The highest BCUT2D eigenvalue weighted by Gasteiger charge is 2.64. The molecule has 4 aliphatic rings. The minimum absolute atomic E-state index is 0.0302. The Kier molecular flexibility index (Phi) is 3.78. The first-order chi connectivity index (χ1) is 11.2. The van der Waals surface area contributed by atoms with Crippen LogP contribution in [0.2, 0.25) is 0 Å². The van der Waals surface area contributed by atoms with Crippen LogP contribution in [0.4, 0.5) is 0 Å². The van der Waals surface area contributed by atoms with Gasteiger partial charge in [-0.05, 0) is 80.5 Å². The molecule has 0 radical (unpaired) electrons.